The number of carbonyl (C=O) groups is 1. The molecule has 1 aliphatic heterocycles. The predicted molar refractivity (Wildman–Crippen MR) is 92.6 cm³/mol. The van der Waals surface area contributed by atoms with E-state index in [1.807, 2.05) is 18.7 Å². The van der Waals surface area contributed by atoms with Crippen LogP contribution in [0.2, 0.25) is 0 Å². The van der Waals surface area contributed by atoms with Crippen molar-refractivity contribution in [2.24, 2.45) is 0 Å². The second-order valence-electron chi connectivity index (χ2n) is 7.17. The van der Waals surface area contributed by atoms with Crippen LogP contribution < -0.4 is 10.2 Å². The molecule has 2 atom stereocenters. The second-order valence-corrected chi connectivity index (χ2v) is 7.17. The molecule has 0 radical (unpaired) electrons. The van der Waals surface area contributed by atoms with Crippen LogP contribution in [-0.2, 0) is 11.3 Å². The minimum absolute atomic E-state index is 0.0516. The van der Waals surface area contributed by atoms with E-state index in [1.165, 1.54) is 0 Å². The van der Waals surface area contributed by atoms with Crippen molar-refractivity contribution in [3.8, 4) is 0 Å². The van der Waals surface area contributed by atoms with Crippen molar-refractivity contribution in [3.05, 3.63) is 23.1 Å². The smallest absolute Gasteiger partial charge is 0.274 e. The molecular weight excluding hydrogens is 341 g/mol. The van der Waals surface area contributed by atoms with Gasteiger partial charge in [-0.2, -0.15) is 0 Å². The molecule has 2 heterocycles. The summed E-state index contributed by atoms with van der Waals surface area (Å²) < 4.78 is 26.1. The predicted octanol–water partition coefficient (Wildman–Crippen LogP) is 1.96. The number of carbonyl (C=O) groups excluding carboxylic acids is 1. The van der Waals surface area contributed by atoms with Gasteiger partial charge in [-0.1, -0.05) is 5.16 Å². The zero-order valence-corrected chi connectivity index (χ0v) is 14.8. The molecule has 2 fully saturated rings. The standard InChI is InChI=1S/C18H22FN3O4/c1-9-6-22(7-10(2)25-9)16-11(8-23)5-13-15(18(24)20-12-3-4-12)21-26-17(13)14(16)19/h5,9-10,12,23H,3-4,6-8H2,1-2H3,(H,20,24). The number of benzene rings is 1. The Morgan fingerprint density at radius 3 is 2.69 bits per heavy atom. The Morgan fingerprint density at radius 2 is 2.08 bits per heavy atom. The molecule has 0 bridgehead atoms. The first-order chi connectivity index (χ1) is 12.5. The van der Waals surface area contributed by atoms with Gasteiger partial charge in [0.05, 0.1) is 29.9 Å². The highest BCUT2D eigenvalue weighted by molar-refractivity contribution is 6.05. The molecule has 2 aromatic rings. The normalized spacial score (nSPS) is 23.5. The Hall–Kier alpha value is -2.19. The third-order valence-electron chi connectivity index (χ3n) is 4.79. The molecule has 1 amide bonds. The molecule has 1 aromatic carbocycles. The number of amides is 1. The lowest BCUT2D eigenvalue weighted by atomic mass is 10.1. The lowest BCUT2D eigenvalue weighted by Crippen LogP contribution is -2.46. The summed E-state index contributed by atoms with van der Waals surface area (Å²) in [5.74, 6) is -0.985. The second kappa shape index (κ2) is 6.51. The molecule has 1 aliphatic carbocycles. The van der Waals surface area contributed by atoms with Gasteiger partial charge in [0.25, 0.3) is 5.91 Å². The van der Waals surface area contributed by atoms with E-state index in [0.29, 0.717) is 18.7 Å². The third kappa shape index (κ3) is 3.03. The number of halogens is 1. The minimum atomic E-state index is -0.606. The zero-order chi connectivity index (χ0) is 18.4. The molecule has 2 aliphatic rings. The van der Waals surface area contributed by atoms with Gasteiger partial charge in [-0.05, 0) is 32.8 Å². The van der Waals surface area contributed by atoms with Gasteiger partial charge in [0, 0.05) is 24.7 Å². The Morgan fingerprint density at radius 1 is 1.38 bits per heavy atom. The fraction of sp³-hybridized carbons (Fsp3) is 0.556. The van der Waals surface area contributed by atoms with Crippen LogP contribution in [0.4, 0.5) is 10.1 Å². The molecule has 4 rings (SSSR count). The van der Waals surface area contributed by atoms with E-state index in [1.54, 1.807) is 6.07 Å². The molecule has 1 aromatic heterocycles. The van der Waals surface area contributed by atoms with Gasteiger partial charge in [-0.3, -0.25) is 4.79 Å². The van der Waals surface area contributed by atoms with E-state index >= 15 is 4.39 Å². The summed E-state index contributed by atoms with van der Waals surface area (Å²) in [6.45, 7) is 4.50. The highest BCUT2D eigenvalue weighted by atomic mass is 19.1. The average molecular weight is 363 g/mol. The minimum Gasteiger partial charge on any atom is -0.392 e. The first-order valence-electron chi connectivity index (χ1n) is 8.90. The highest BCUT2D eigenvalue weighted by Gasteiger charge is 2.31. The topological polar surface area (TPSA) is 87.8 Å². The third-order valence-corrected chi connectivity index (χ3v) is 4.79. The van der Waals surface area contributed by atoms with Crippen molar-refractivity contribution < 1.29 is 23.6 Å². The quantitative estimate of drug-likeness (QED) is 0.864. The van der Waals surface area contributed by atoms with Gasteiger partial charge in [-0.25, -0.2) is 4.39 Å². The van der Waals surface area contributed by atoms with Crippen molar-refractivity contribution in [2.45, 2.75) is 51.5 Å². The van der Waals surface area contributed by atoms with Crippen LogP contribution in [0, 0.1) is 5.82 Å². The van der Waals surface area contributed by atoms with Gasteiger partial charge < -0.3 is 24.6 Å². The Kier molecular flexibility index (Phi) is 4.32. The van der Waals surface area contributed by atoms with Gasteiger partial charge >= 0.3 is 0 Å². The van der Waals surface area contributed by atoms with Crippen LogP contribution in [0.5, 0.6) is 0 Å². The van der Waals surface area contributed by atoms with Crippen LogP contribution in [-0.4, -0.2) is 47.5 Å². The molecule has 1 saturated carbocycles. The van der Waals surface area contributed by atoms with Gasteiger partial charge in [0.1, 0.15) is 0 Å². The van der Waals surface area contributed by atoms with E-state index in [9.17, 15) is 9.90 Å². The first kappa shape index (κ1) is 17.2. The maximum atomic E-state index is 15.2. The first-order valence-corrected chi connectivity index (χ1v) is 8.90. The van der Waals surface area contributed by atoms with Crippen LogP contribution >= 0.6 is 0 Å². The number of nitrogens with zero attached hydrogens (tertiary/aromatic N) is 2. The average Bonchev–Trinajstić information content (AvgIpc) is 3.29. The van der Waals surface area contributed by atoms with Gasteiger partial charge in [-0.15, -0.1) is 0 Å². The SMILES string of the molecule is CC1CN(c2c(CO)cc3c(C(=O)NC4CC4)noc3c2F)CC(C)O1. The van der Waals surface area contributed by atoms with Crippen molar-refractivity contribution in [3.63, 3.8) is 0 Å². The number of anilines is 1. The molecule has 26 heavy (non-hydrogen) atoms. The molecular formula is C18H22FN3O4. The number of aliphatic hydroxyl groups excluding tert-OH is 1. The number of fused-ring (bicyclic) bond motifs is 1. The molecule has 140 valence electrons. The van der Waals surface area contributed by atoms with E-state index in [-0.39, 0.29) is 53.1 Å². The number of morpholine rings is 1. The summed E-state index contributed by atoms with van der Waals surface area (Å²) in [5.41, 5.74) is 0.674. The van der Waals surface area contributed by atoms with E-state index < -0.39 is 5.82 Å². The van der Waals surface area contributed by atoms with Crippen LogP contribution in [0.1, 0.15) is 42.7 Å². The summed E-state index contributed by atoms with van der Waals surface area (Å²) in [6.07, 6.45) is 1.76. The van der Waals surface area contributed by atoms with E-state index in [0.717, 1.165) is 12.8 Å². The fourth-order valence-corrected chi connectivity index (χ4v) is 3.55. The number of aliphatic hydroxyl groups is 1. The Balaban J connectivity index is 1.77. The molecule has 8 heteroatoms. The molecule has 1 saturated heterocycles. The van der Waals surface area contributed by atoms with Crippen LogP contribution in [0.15, 0.2) is 10.6 Å². The van der Waals surface area contributed by atoms with Crippen molar-refractivity contribution in [2.75, 3.05) is 18.0 Å². The maximum Gasteiger partial charge on any atom is 0.274 e. The van der Waals surface area contributed by atoms with Gasteiger partial charge in [0.15, 0.2) is 11.5 Å². The van der Waals surface area contributed by atoms with Crippen LogP contribution in [0.3, 0.4) is 0 Å². The van der Waals surface area contributed by atoms with E-state index in [4.69, 9.17) is 9.26 Å². The number of ether oxygens (including phenoxy) is 1. The Bertz CT molecular complexity index is 839. The van der Waals surface area contributed by atoms with E-state index in [2.05, 4.69) is 10.5 Å². The number of hydrogen-bond donors (Lipinski definition) is 2. The maximum absolute atomic E-state index is 15.2. The zero-order valence-electron chi connectivity index (χ0n) is 14.8. The summed E-state index contributed by atoms with van der Waals surface area (Å²) in [4.78, 5) is 14.2. The molecule has 2 unspecified atom stereocenters. The summed E-state index contributed by atoms with van der Waals surface area (Å²) in [6, 6.07) is 1.75. The van der Waals surface area contributed by atoms with Crippen molar-refractivity contribution in [1.29, 1.82) is 0 Å². The fourth-order valence-electron chi connectivity index (χ4n) is 3.55. The summed E-state index contributed by atoms with van der Waals surface area (Å²) in [7, 11) is 0. The summed E-state index contributed by atoms with van der Waals surface area (Å²) in [5, 5.41) is 16.7. The largest absolute Gasteiger partial charge is 0.392 e. The Labute approximate surface area is 150 Å². The number of aromatic nitrogens is 1. The number of nitrogens with one attached hydrogen (secondary N) is 1. The lowest BCUT2D eigenvalue weighted by molar-refractivity contribution is -0.00550. The molecule has 2 N–H and O–H groups in total. The molecule has 0 spiro atoms. The molecule has 7 nitrogen and oxygen atoms in total. The van der Waals surface area contributed by atoms with Crippen LogP contribution in [0.25, 0.3) is 11.0 Å². The lowest BCUT2D eigenvalue weighted by Gasteiger charge is -2.37. The number of hydrogen-bond acceptors (Lipinski definition) is 6. The van der Waals surface area contributed by atoms with Gasteiger partial charge in [0.2, 0.25) is 5.58 Å². The number of rotatable bonds is 4. The monoisotopic (exact) mass is 363 g/mol. The van der Waals surface area contributed by atoms with Crippen molar-refractivity contribution >= 4 is 22.6 Å². The summed E-state index contributed by atoms with van der Waals surface area (Å²) >= 11 is 0. The van der Waals surface area contributed by atoms with Crippen molar-refractivity contribution in [1.82, 2.24) is 10.5 Å². The highest BCUT2D eigenvalue weighted by Crippen LogP contribution is 2.35.